The van der Waals surface area contributed by atoms with Crippen molar-refractivity contribution in [2.75, 3.05) is 0 Å². The number of ether oxygens (including phenoxy) is 1. The van der Waals surface area contributed by atoms with Crippen molar-refractivity contribution in [1.29, 1.82) is 0 Å². The summed E-state index contributed by atoms with van der Waals surface area (Å²) in [5.41, 5.74) is 9.93. The fraction of sp³-hybridized carbons (Fsp3) is 0.190. The monoisotopic (exact) mass is 332 g/mol. The summed E-state index contributed by atoms with van der Waals surface area (Å²) >= 11 is 0. The highest BCUT2D eigenvalue weighted by molar-refractivity contribution is 5.93. The summed E-state index contributed by atoms with van der Waals surface area (Å²) in [5.74, 6) is 1.36. The first-order valence-electron chi connectivity index (χ1n) is 8.52. The summed E-state index contributed by atoms with van der Waals surface area (Å²) in [7, 11) is 0. The van der Waals surface area contributed by atoms with Gasteiger partial charge in [0, 0.05) is 11.3 Å². The fourth-order valence-corrected chi connectivity index (χ4v) is 3.16. The Hall–Kier alpha value is -3.01. The van der Waals surface area contributed by atoms with Crippen LogP contribution in [0.4, 0.5) is 0 Å². The first-order valence-corrected chi connectivity index (χ1v) is 8.52. The Morgan fingerprint density at radius 1 is 1.08 bits per heavy atom. The maximum Gasteiger partial charge on any atom is 0.269 e. The Labute approximate surface area is 147 Å². The summed E-state index contributed by atoms with van der Waals surface area (Å²) < 4.78 is 5.71. The third-order valence-electron chi connectivity index (χ3n) is 4.65. The zero-order chi connectivity index (χ0) is 17.1. The molecule has 2 aromatic carbocycles. The van der Waals surface area contributed by atoms with Crippen molar-refractivity contribution < 1.29 is 9.53 Å². The minimum absolute atomic E-state index is 0.131. The van der Waals surface area contributed by atoms with Crippen molar-refractivity contribution in [3.8, 4) is 5.75 Å². The van der Waals surface area contributed by atoms with Gasteiger partial charge in [-0.2, -0.15) is 0 Å². The number of carbonyl (C=O) groups is 1. The molecule has 4 rings (SSSR count). The van der Waals surface area contributed by atoms with E-state index < -0.39 is 0 Å². The number of benzene rings is 2. The fourth-order valence-electron chi connectivity index (χ4n) is 3.16. The van der Waals surface area contributed by atoms with Crippen LogP contribution in [-0.2, 0) is 6.61 Å². The molecule has 25 heavy (non-hydrogen) atoms. The molecule has 0 spiro atoms. The van der Waals surface area contributed by atoms with Gasteiger partial charge in [0.05, 0.1) is 0 Å². The van der Waals surface area contributed by atoms with Crippen molar-refractivity contribution >= 4 is 5.91 Å². The van der Waals surface area contributed by atoms with E-state index in [1.807, 2.05) is 54.6 Å². The third kappa shape index (κ3) is 3.43. The van der Waals surface area contributed by atoms with Crippen molar-refractivity contribution in [3.05, 3.63) is 89.1 Å². The number of hydrazine groups is 1. The van der Waals surface area contributed by atoms with Gasteiger partial charge in [0.1, 0.15) is 12.4 Å². The van der Waals surface area contributed by atoms with Crippen LogP contribution in [-0.4, -0.2) is 5.91 Å². The van der Waals surface area contributed by atoms with E-state index in [2.05, 4.69) is 23.0 Å². The molecule has 0 aliphatic heterocycles. The second-order valence-electron chi connectivity index (χ2n) is 6.35. The molecule has 126 valence electrons. The third-order valence-corrected chi connectivity index (χ3v) is 4.65. The van der Waals surface area contributed by atoms with Crippen molar-refractivity contribution in [2.45, 2.75) is 19.4 Å². The number of para-hydroxylation sites is 1. The summed E-state index contributed by atoms with van der Waals surface area (Å²) in [6.07, 6.45) is 6.47. The average Bonchev–Trinajstić information content (AvgIpc) is 3.02. The van der Waals surface area contributed by atoms with Crippen LogP contribution in [0, 0.1) is 5.92 Å². The topological polar surface area (TPSA) is 50.4 Å². The maximum atomic E-state index is 12.2. The van der Waals surface area contributed by atoms with Gasteiger partial charge in [0.15, 0.2) is 0 Å². The summed E-state index contributed by atoms with van der Waals surface area (Å²) in [5, 5.41) is 0. The molecule has 1 atom stereocenters. The summed E-state index contributed by atoms with van der Waals surface area (Å²) in [6, 6.07) is 17.2. The lowest BCUT2D eigenvalue weighted by molar-refractivity contribution is 0.0936. The van der Waals surface area contributed by atoms with E-state index >= 15 is 0 Å². The predicted octanol–water partition coefficient (Wildman–Crippen LogP) is 3.73. The van der Waals surface area contributed by atoms with Crippen molar-refractivity contribution in [3.63, 3.8) is 0 Å². The summed E-state index contributed by atoms with van der Waals surface area (Å²) in [6.45, 7) is 0.480. The van der Waals surface area contributed by atoms with Gasteiger partial charge in [-0.15, -0.1) is 0 Å². The predicted molar refractivity (Wildman–Crippen MR) is 96.7 cm³/mol. The highest BCUT2D eigenvalue weighted by Crippen LogP contribution is 2.40. The van der Waals surface area contributed by atoms with Gasteiger partial charge >= 0.3 is 0 Å². The van der Waals surface area contributed by atoms with Gasteiger partial charge in [-0.3, -0.25) is 10.2 Å². The van der Waals surface area contributed by atoms with Gasteiger partial charge in [-0.05, 0) is 54.2 Å². The number of fused-ring (bicyclic) bond motifs is 1. The van der Waals surface area contributed by atoms with E-state index in [0.717, 1.165) is 29.9 Å². The van der Waals surface area contributed by atoms with Crippen LogP contribution in [0.25, 0.3) is 0 Å². The average molecular weight is 332 g/mol. The molecule has 0 saturated heterocycles. The molecular formula is C21H20N2O2. The van der Waals surface area contributed by atoms with E-state index in [0.29, 0.717) is 18.1 Å². The molecule has 2 aliphatic carbocycles. The number of amides is 1. The number of nitrogens with one attached hydrogen (secondary N) is 2. The number of allylic oxidation sites excluding steroid dienone is 4. The normalized spacial score (nSPS) is 17.7. The van der Waals surface area contributed by atoms with E-state index in [9.17, 15) is 4.79 Å². The number of carbonyl (C=O) groups excluding carboxylic acids is 1. The maximum absolute atomic E-state index is 12.2. The summed E-state index contributed by atoms with van der Waals surface area (Å²) in [4.78, 5) is 12.2. The minimum Gasteiger partial charge on any atom is -0.489 e. The Morgan fingerprint density at radius 2 is 1.88 bits per heavy atom. The number of hydrogen-bond acceptors (Lipinski definition) is 3. The van der Waals surface area contributed by atoms with E-state index in [1.54, 1.807) is 0 Å². The highest BCUT2D eigenvalue weighted by atomic mass is 16.5. The van der Waals surface area contributed by atoms with Crippen molar-refractivity contribution in [1.82, 2.24) is 10.9 Å². The van der Waals surface area contributed by atoms with E-state index in [-0.39, 0.29) is 5.91 Å². The Kier molecular flexibility index (Phi) is 4.25. The molecule has 2 aromatic rings. The molecule has 4 nitrogen and oxygen atoms in total. The van der Waals surface area contributed by atoms with Crippen LogP contribution in [0.2, 0.25) is 0 Å². The molecule has 0 unspecified atom stereocenters. The molecule has 0 aromatic heterocycles. The Morgan fingerprint density at radius 3 is 2.64 bits per heavy atom. The molecule has 0 bridgehead atoms. The molecule has 0 radical (unpaired) electrons. The Bertz CT molecular complexity index is 823. The van der Waals surface area contributed by atoms with Crippen LogP contribution in [0.5, 0.6) is 5.75 Å². The number of rotatable bonds is 6. The highest BCUT2D eigenvalue weighted by Gasteiger charge is 2.30. The lowest BCUT2D eigenvalue weighted by Gasteiger charge is -2.28. The zero-order valence-corrected chi connectivity index (χ0v) is 13.9. The molecule has 2 aliphatic rings. The number of hydrogen-bond donors (Lipinski definition) is 2. The zero-order valence-electron chi connectivity index (χ0n) is 13.9. The van der Waals surface area contributed by atoms with Gasteiger partial charge in [0.25, 0.3) is 5.91 Å². The second-order valence-corrected chi connectivity index (χ2v) is 6.35. The molecule has 2 N–H and O–H groups in total. The first-order chi connectivity index (χ1) is 12.3. The smallest absolute Gasteiger partial charge is 0.269 e. The minimum atomic E-state index is -0.131. The van der Waals surface area contributed by atoms with Crippen LogP contribution < -0.4 is 15.6 Å². The van der Waals surface area contributed by atoms with Gasteiger partial charge in [-0.25, -0.2) is 0 Å². The Balaban J connectivity index is 1.30. The van der Waals surface area contributed by atoms with E-state index in [4.69, 9.17) is 4.74 Å². The lowest BCUT2D eigenvalue weighted by Crippen LogP contribution is -2.40. The molecule has 1 amide bonds. The molecule has 0 saturated carbocycles. The molecule has 0 heterocycles. The first kappa shape index (κ1) is 15.5. The van der Waals surface area contributed by atoms with Gasteiger partial charge in [0.2, 0.25) is 0 Å². The van der Waals surface area contributed by atoms with Crippen LogP contribution in [0.15, 0.2) is 78.0 Å². The van der Waals surface area contributed by atoms with Gasteiger partial charge in [-0.1, -0.05) is 42.5 Å². The standard InChI is InChI=1S/C21H20N2O2/c24-21(23-22-20-13-17-5-4-8-19(17)20)16-11-9-15(10-12-16)14-25-18-6-2-1-3-7-18/h1-4,6-12,17,22H,5,13-14H2,(H,23,24)/t17-/m1/s1. The molecule has 4 heteroatoms. The largest absolute Gasteiger partial charge is 0.489 e. The second kappa shape index (κ2) is 6.85. The quantitative estimate of drug-likeness (QED) is 0.793. The van der Waals surface area contributed by atoms with Gasteiger partial charge < -0.3 is 10.2 Å². The van der Waals surface area contributed by atoms with Crippen molar-refractivity contribution in [2.24, 2.45) is 5.92 Å². The van der Waals surface area contributed by atoms with Crippen LogP contribution in [0.3, 0.4) is 0 Å². The van der Waals surface area contributed by atoms with Crippen LogP contribution in [0.1, 0.15) is 28.8 Å². The molecular weight excluding hydrogens is 312 g/mol. The molecule has 0 fully saturated rings. The van der Waals surface area contributed by atoms with Crippen LogP contribution >= 0.6 is 0 Å². The SMILES string of the molecule is O=C(NNC1=C2C=CC[C@@H]2C1)c1ccc(COc2ccccc2)cc1. The lowest BCUT2D eigenvalue weighted by atomic mass is 9.84. The van der Waals surface area contributed by atoms with E-state index in [1.165, 1.54) is 5.57 Å².